The van der Waals surface area contributed by atoms with Crippen LogP contribution in [-0.2, 0) is 6.54 Å². The molecule has 0 unspecified atom stereocenters. The fraction of sp³-hybridized carbons (Fsp3) is 0.0588. The Bertz CT molecular complexity index is 744. The Hall–Kier alpha value is -1.94. The lowest BCUT2D eigenvalue weighted by Gasteiger charge is -2.07. The summed E-state index contributed by atoms with van der Waals surface area (Å²) >= 11 is 5.93. The van der Waals surface area contributed by atoms with Crippen molar-refractivity contribution in [1.82, 2.24) is 9.97 Å². The predicted molar refractivity (Wildman–Crippen MR) is 93.1 cm³/mol. The highest BCUT2D eigenvalue weighted by atomic mass is 35.5. The molecule has 0 aliphatic carbocycles. The molecule has 3 nitrogen and oxygen atoms in total. The van der Waals surface area contributed by atoms with Crippen LogP contribution >= 0.6 is 24.0 Å². The molecule has 0 aliphatic heterocycles. The van der Waals surface area contributed by atoms with Gasteiger partial charge in [-0.05, 0) is 18.2 Å². The van der Waals surface area contributed by atoms with E-state index in [9.17, 15) is 0 Å². The first-order chi connectivity index (χ1) is 10.3. The maximum Gasteiger partial charge on any atom is 0.160 e. The van der Waals surface area contributed by atoms with E-state index in [0.717, 1.165) is 22.5 Å². The van der Waals surface area contributed by atoms with Gasteiger partial charge in [0, 0.05) is 22.7 Å². The molecule has 2 N–H and O–H groups in total. The van der Waals surface area contributed by atoms with Gasteiger partial charge in [-0.1, -0.05) is 54.1 Å². The number of rotatable bonds is 3. The lowest BCUT2D eigenvalue weighted by molar-refractivity contribution is 0.972. The summed E-state index contributed by atoms with van der Waals surface area (Å²) in [6, 6.07) is 19.4. The number of nitrogens with zero attached hydrogens (tertiary/aromatic N) is 2. The van der Waals surface area contributed by atoms with Crippen molar-refractivity contribution in [3.63, 3.8) is 0 Å². The van der Waals surface area contributed by atoms with Gasteiger partial charge in [-0.15, -0.1) is 12.4 Å². The molecule has 2 aromatic carbocycles. The van der Waals surface area contributed by atoms with Gasteiger partial charge < -0.3 is 5.73 Å². The van der Waals surface area contributed by atoms with Crippen LogP contribution in [0.5, 0.6) is 0 Å². The lowest BCUT2D eigenvalue weighted by atomic mass is 10.1. The third-order valence-electron chi connectivity index (χ3n) is 3.16. The zero-order valence-electron chi connectivity index (χ0n) is 11.7. The van der Waals surface area contributed by atoms with Crippen LogP contribution in [0.25, 0.3) is 22.6 Å². The van der Waals surface area contributed by atoms with E-state index in [4.69, 9.17) is 17.3 Å². The van der Waals surface area contributed by atoms with Crippen molar-refractivity contribution < 1.29 is 0 Å². The van der Waals surface area contributed by atoms with Crippen LogP contribution in [0, 0.1) is 0 Å². The predicted octanol–water partition coefficient (Wildman–Crippen LogP) is 4.34. The lowest BCUT2D eigenvalue weighted by Crippen LogP contribution is -2.03. The quantitative estimate of drug-likeness (QED) is 0.776. The fourth-order valence-electron chi connectivity index (χ4n) is 2.09. The molecule has 22 heavy (non-hydrogen) atoms. The second-order valence-corrected chi connectivity index (χ2v) is 5.08. The topological polar surface area (TPSA) is 51.8 Å². The SMILES string of the molecule is Cl.NCc1cc(-c2ccc(Cl)cc2)nc(-c2ccccc2)n1. The molecule has 0 radical (unpaired) electrons. The first kappa shape index (κ1) is 16.4. The van der Waals surface area contributed by atoms with E-state index in [0.29, 0.717) is 17.4 Å². The third kappa shape index (κ3) is 3.63. The van der Waals surface area contributed by atoms with Crippen LogP contribution in [0.3, 0.4) is 0 Å². The van der Waals surface area contributed by atoms with Gasteiger partial charge in [-0.3, -0.25) is 0 Å². The summed E-state index contributed by atoms with van der Waals surface area (Å²) in [7, 11) is 0. The summed E-state index contributed by atoms with van der Waals surface area (Å²) < 4.78 is 0. The molecule has 1 aromatic heterocycles. The summed E-state index contributed by atoms with van der Waals surface area (Å²) in [5.74, 6) is 0.684. The van der Waals surface area contributed by atoms with Gasteiger partial charge in [0.2, 0.25) is 0 Å². The summed E-state index contributed by atoms with van der Waals surface area (Å²) in [4.78, 5) is 9.14. The first-order valence-electron chi connectivity index (χ1n) is 6.65. The van der Waals surface area contributed by atoms with Crippen molar-refractivity contribution in [3.05, 3.63) is 71.4 Å². The molecule has 5 heteroatoms. The Kier molecular flexibility index (Phi) is 5.50. The Morgan fingerprint density at radius 2 is 1.55 bits per heavy atom. The number of aromatic nitrogens is 2. The Morgan fingerprint density at radius 1 is 0.864 bits per heavy atom. The maximum atomic E-state index is 5.93. The average Bonchev–Trinajstić information content (AvgIpc) is 2.56. The molecule has 0 saturated heterocycles. The Balaban J connectivity index is 0.00000176. The molecule has 0 saturated carbocycles. The van der Waals surface area contributed by atoms with Gasteiger partial charge in [0.25, 0.3) is 0 Å². The molecule has 3 aromatic rings. The van der Waals surface area contributed by atoms with E-state index in [2.05, 4.69) is 9.97 Å². The molecule has 0 bridgehead atoms. The van der Waals surface area contributed by atoms with Crippen LogP contribution in [0.2, 0.25) is 5.02 Å². The highest BCUT2D eigenvalue weighted by Crippen LogP contribution is 2.23. The zero-order valence-corrected chi connectivity index (χ0v) is 13.3. The number of benzene rings is 2. The van der Waals surface area contributed by atoms with Gasteiger partial charge >= 0.3 is 0 Å². The van der Waals surface area contributed by atoms with Gasteiger partial charge in [0.15, 0.2) is 5.82 Å². The van der Waals surface area contributed by atoms with E-state index in [1.165, 1.54) is 0 Å². The van der Waals surface area contributed by atoms with E-state index >= 15 is 0 Å². The van der Waals surface area contributed by atoms with Gasteiger partial charge in [0.05, 0.1) is 11.4 Å². The molecule has 112 valence electrons. The van der Waals surface area contributed by atoms with E-state index in [1.54, 1.807) is 0 Å². The molecular formula is C17H15Cl2N3. The second-order valence-electron chi connectivity index (χ2n) is 4.65. The normalized spacial score (nSPS) is 10.1. The first-order valence-corrected chi connectivity index (χ1v) is 7.03. The van der Waals surface area contributed by atoms with Crippen LogP contribution in [0.1, 0.15) is 5.69 Å². The van der Waals surface area contributed by atoms with Gasteiger partial charge in [-0.25, -0.2) is 9.97 Å². The minimum atomic E-state index is 0. The largest absolute Gasteiger partial charge is 0.325 e. The summed E-state index contributed by atoms with van der Waals surface area (Å²) in [5, 5.41) is 0.704. The van der Waals surface area contributed by atoms with Crippen molar-refractivity contribution in [2.45, 2.75) is 6.54 Å². The average molecular weight is 332 g/mol. The summed E-state index contributed by atoms with van der Waals surface area (Å²) in [6.45, 7) is 0.378. The maximum absolute atomic E-state index is 5.93. The van der Waals surface area contributed by atoms with Crippen molar-refractivity contribution in [2.24, 2.45) is 5.73 Å². The molecule has 0 aliphatic rings. The number of hydrogen-bond donors (Lipinski definition) is 1. The summed E-state index contributed by atoms with van der Waals surface area (Å²) in [6.07, 6.45) is 0. The Morgan fingerprint density at radius 3 is 2.18 bits per heavy atom. The van der Waals surface area contributed by atoms with Crippen molar-refractivity contribution in [3.8, 4) is 22.6 Å². The minimum absolute atomic E-state index is 0. The number of hydrogen-bond acceptors (Lipinski definition) is 3. The van der Waals surface area contributed by atoms with Crippen molar-refractivity contribution >= 4 is 24.0 Å². The highest BCUT2D eigenvalue weighted by Gasteiger charge is 2.07. The Labute approximate surface area is 140 Å². The molecule has 0 atom stereocenters. The van der Waals surface area contributed by atoms with E-state index in [-0.39, 0.29) is 12.4 Å². The molecule has 0 amide bonds. The fourth-order valence-corrected chi connectivity index (χ4v) is 2.21. The molecule has 0 spiro atoms. The van der Waals surface area contributed by atoms with E-state index < -0.39 is 0 Å². The molecular weight excluding hydrogens is 317 g/mol. The van der Waals surface area contributed by atoms with Gasteiger partial charge in [0.1, 0.15) is 0 Å². The number of halogens is 2. The van der Waals surface area contributed by atoms with Gasteiger partial charge in [-0.2, -0.15) is 0 Å². The monoisotopic (exact) mass is 331 g/mol. The smallest absolute Gasteiger partial charge is 0.160 e. The third-order valence-corrected chi connectivity index (χ3v) is 3.41. The molecule has 0 fully saturated rings. The summed E-state index contributed by atoms with van der Waals surface area (Å²) in [5.41, 5.74) is 9.39. The minimum Gasteiger partial charge on any atom is -0.325 e. The van der Waals surface area contributed by atoms with Crippen LogP contribution in [-0.4, -0.2) is 9.97 Å². The second kappa shape index (κ2) is 7.36. The van der Waals surface area contributed by atoms with E-state index in [1.807, 2.05) is 60.7 Å². The van der Waals surface area contributed by atoms with Crippen LogP contribution < -0.4 is 5.73 Å². The number of nitrogens with two attached hydrogens (primary N) is 1. The van der Waals surface area contributed by atoms with Crippen LogP contribution in [0.4, 0.5) is 0 Å². The van der Waals surface area contributed by atoms with Crippen molar-refractivity contribution in [1.29, 1.82) is 0 Å². The standard InChI is InChI=1S/C17H14ClN3.ClH/c18-14-8-6-12(7-9-14)16-10-15(11-19)20-17(21-16)13-4-2-1-3-5-13;/h1-10H,11,19H2;1H. The molecule has 3 rings (SSSR count). The zero-order chi connectivity index (χ0) is 14.7. The molecule has 1 heterocycles. The highest BCUT2D eigenvalue weighted by molar-refractivity contribution is 6.30. The van der Waals surface area contributed by atoms with Crippen molar-refractivity contribution in [2.75, 3.05) is 0 Å². The van der Waals surface area contributed by atoms with Crippen LogP contribution in [0.15, 0.2) is 60.7 Å².